The summed E-state index contributed by atoms with van der Waals surface area (Å²) in [4.78, 5) is 12.4. The molecule has 152 valence electrons. The second kappa shape index (κ2) is 8.50. The van der Waals surface area contributed by atoms with Crippen molar-refractivity contribution in [3.63, 3.8) is 0 Å². The van der Waals surface area contributed by atoms with Crippen LogP contribution in [0.4, 0.5) is 18.9 Å². The van der Waals surface area contributed by atoms with Gasteiger partial charge < -0.3 is 5.32 Å². The Bertz CT molecular complexity index is 957. The molecule has 5 nitrogen and oxygen atoms in total. The molecule has 10 heteroatoms. The van der Waals surface area contributed by atoms with Gasteiger partial charge in [-0.15, -0.1) is 0 Å². The summed E-state index contributed by atoms with van der Waals surface area (Å²) in [5, 5.41) is 2.43. The molecule has 0 spiro atoms. The van der Waals surface area contributed by atoms with Gasteiger partial charge in [-0.05, 0) is 42.5 Å². The number of carbonyl (C=O) groups is 1. The van der Waals surface area contributed by atoms with Gasteiger partial charge in [0.15, 0.2) is 0 Å². The molecule has 0 atom stereocenters. The molecule has 2 aromatic rings. The molecule has 0 heterocycles. The number of hydrogen-bond acceptors (Lipinski definition) is 3. The Morgan fingerprint density at radius 1 is 1.07 bits per heavy atom. The fourth-order valence-electron chi connectivity index (χ4n) is 2.49. The number of halogens is 4. The Labute approximate surface area is 166 Å². The molecule has 0 aliphatic rings. The van der Waals surface area contributed by atoms with Crippen LogP contribution < -0.4 is 5.32 Å². The van der Waals surface area contributed by atoms with Gasteiger partial charge in [-0.25, -0.2) is 8.42 Å². The second-order valence-electron chi connectivity index (χ2n) is 5.76. The van der Waals surface area contributed by atoms with Gasteiger partial charge >= 0.3 is 6.18 Å². The summed E-state index contributed by atoms with van der Waals surface area (Å²) in [5.41, 5.74) is -0.836. The zero-order chi connectivity index (χ0) is 21.1. The zero-order valence-electron chi connectivity index (χ0n) is 15.0. The van der Waals surface area contributed by atoms with Gasteiger partial charge in [0.1, 0.15) is 0 Å². The van der Waals surface area contributed by atoms with Crippen LogP contribution in [0, 0.1) is 0 Å². The van der Waals surface area contributed by atoms with Crippen LogP contribution in [0.5, 0.6) is 0 Å². The summed E-state index contributed by atoms with van der Waals surface area (Å²) in [6.45, 7) is 3.90. The highest BCUT2D eigenvalue weighted by atomic mass is 35.5. The van der Waals surface area contributed by atoms with E-state index in [1.807, 2.05) is 0 Å². The fourth-order valence-corrected chi connectivity index (χ4v) is 4.18. The van der Waals surface area contributed by atoms with E-state index in [0.717, 1.165) is 30.3 Å². The Morgan fingerprint density at radius 2 is 1.64 bits per heavy atom. The number of hydrogen-bond donors (Lipinski definition) is 1. The van der Waals surface area contributed by atoms with Crippen molar-refractivity contribution in [2.75, 3.05) is 18.4 Å². The molecular formula is C18H18ClF3N2O3S. The van der Waals surface area contributed by atoms with Crippen molar-refractivity contribution < 1.29 is 26.4 Å². The van der Waals surface area contributed by atoms with Gasteiger partial charge in [0.05, 0.1) is 21.0 Å². The van der Waals surface area contributed by atoms with E-state index < -0.39 is 27.7 Å². The lowest BCUT2D eigenvalue weighted by molar-refractivity contribution is -0.137. The first-order valence-corrected chi connectivity index (χ1v) is 10.1. The van der Waals surface area contributed by atoms with Gasteiger partial charge in [-0.3, -0.25) is 4.79 Å². The Morgan fingerprint density at radius 3 is 2.14 bits per heavy atom. The van der Waals surface area contributed by atoms with Crippen molar-refractivity contribution >= 4 is 33.2 Å². The summed E-state index contributed by atoms with van der Waals surface area (Å²) in [6, 6.07) is 7.60. The second-order valence-corrected chi connectivity index (χ2v) is 8.11. The highest BCUT2D eigenvalue weighted by molar-refractivity contribution is 7.89. The van der Waals surface area contributed by atoms with Crippen LogP contribution in [0.15, 0.2) is 47.4 Å². The Hall–Kier alpha value is -2.10. The maximum Gasteiger partial charge on any atom is 0.416 e. The van der Waals surface area contributed by atoms with Crippen LogP contribution in [0.1, 0.15) is 29.8 Å². The molecule has 0 radical (unpaired) electrons. The molecule has 2 rings (SSSR count). The first-order valence-electron chi connectivity index (χ1n) is 8.29. The summed E-state index contributed by atoms with van der Waals surface area (Å²) in [5.74, 6) is -0.735. The standard InChI is InChI=1S/C18H18ClF3N2O3S/c1-3-24(4-2)28(26,27)14-9-10-16(19)15(11-14)17(25)23-13-7-5-12(6-8-13)18(20,21)22/h5-11H,3-4H2,1-2H3,(H,23,25). The molecular weight excluding hydrogens is 417 g/mol. The highest BCUT2D eigenvalue weighted by Crippen LogP contribution is 2.30. The minimum atomic E-state index is -4.49. The smallest absolute Gasteiger partial charge is 0.322 e. The number of alkyl halides is 3. The molecule has 0 saturated carbocycles. The van der Waals surface area contributed by atoms with E-state index in [1.165, 1.54) is 16.4 Å². The van der Waals surface area contributed by atoms with Crippen LogP contribution >= 0.6 is 11.6 Å². The van der Waals surface area contributed by atoms with Gasteiger partial charge in [0.2, 0.25) is 10.0 Å². The summed E-state index contributed by atoms with van der Waals surface area (Å²) < 4.78 is 64.3. The lowest BCUT2D eigenvalue weighted by Crippen LogP contribution is -2.30. The van der Waals surface area contributed by atoms with Gasteiger partial charge in [0.25, 0.3) is 5.91 Å². The molecule has 28 heavy (non-hydrogen) atoms. The SMILES string of the molecule is CCN(CC)S(=O)(=O)c1ccc(Cl)c(C(=O)Nc2ccc(C(F)(F)F)cc2)c1. The van der Waals surface area contributed by atoms with Crippen LogP contribution in [0.3, 0.4) is 0 Å². The monoisotopic (exact) mass is 434 g/mol. The van der Waals surface area contributed by atoms with Crippen molar-refractivity contribution in [2.45, 2.75) is 24.9 Å². The van der Waals surface area contributed by atoms with E-state index in [9.17, 15) is 26.4 Å². The minimum Gasteiger partial charge on any atom is -0.322 e. The molecule has 0 bridgehead atoms. The number of anilines is 1. The molecule has 1 amide bonds. The van der Waals surface area contributed by atoms with E-state index in [4.69, 9.17) is 11.6 Å². The van der Waals surface area contributed by atoms with E-state index in [0.29, 0.717) is 0 Å². The molecule has 1 N–H and O–H groups in total. The average molecular weight is 435 g/mol. The highest BCUT2D eigenvalue weighted by Gasteiger charge is 2.30. The third-order valence-electron chi connectivity index (χ3n) is 4.00. The molecule has 0 unspecified atom stereocenters. The Balaban J connectivity index is 2.31. The van der Waals surface area contributed by atoms with Gasteiger partial charge in [-0.1, -0.05) is 25.4 Å². The lowest BCUT2D eigenvalue weighted by Gasteiger charge is -2.19. The van der Waals surface area contributed by atoms with E-state index in [-0.39, 0.29) is 34.3 Å². The van der Waals surface area contributed by atoms with Crippen LogP contribution in [-0.4, -0.2) is 31.7 Å². The quantitative estimate of drug-likeness (QED) is 0.720. The van der Waals surface area contributed by atoms with Crippen LogP contribution in [0.2, 0.25) is 5.02 Å². The lowest BCUT2D eigenvalue weighted by atomic mass is 10.1. The summed E-state index contributed by atoms with van der Waals surface area (Å²) >= 11 is 6.02. The van der Waals surface area contributed by atoms with Crippen molar-refractivity contribution in [1.29, 1.82) is 0 Å². The predicted molar refractivity (Wildman–Crippen MR) is 101 cm³/mol. The summed E-state index contributed by atoms with van der Waals surface area (Å²) in [6.07, 6.45) is -4.49. The number of carbonyl (C=O) groups excluding carboxylic acids is 1. The molecule has 2 aromatic carbocycles. The number of sulfonamides is 1. The van der Waals surface area contributed by atoms with Crippen molar-refractivity contribution in [1.82, 2.24) is 4.31 Å². The number of nitrogens with one attached hydrogen (secondary N) is 1. The van der Waals surface area contributed by atoms with Gasteiger partial charge in [-0.2, -0.15) is 17.5 Å². The topological polar surface area (TPSA) is 66.5 Å². The van der Waals surface area contributed by atoms with Crippen molar-refractivity contribution in [2.24, 2.45) is 0 Å². The van der Waals surface area contributed by atoms with Gasteiger partial charge in [0, 0.05) is 18.8 Å². The molecule has 0 fully saturated rings. The fraction of sp³-hybridized carbons (Fsp3) is 0.278. The molecule has 0 aliphatic carbocycles. The predicted octanol–water partition coefficient (Wildman–Crippen LogP) is 4.64. The minimum absolute atomic E-state index is 0.0166. The number of nitrogens with zero attached hydrogens (tertiary/aromatic N) is 1. The first-order chi connectivity index (χ1) is 13.0. The van der Waals surface area contributed by atoms with Crippen molar-refractivity contribution in [3.8, 4) is 0 Å². The summed E-state index contributed by atoms with van der Waals surface area (Å²) in [7, 11) is -3.80. The van der Waals surface area contributed by atoms with E-state index >= 15 is 0 Å². The van der Waals surface area contributed by atoms with E-state index in [1.54, 1.807) is 13.8 Å². The third-order valence-corrected chi connectivity index (χ3v) is 6.37. The number of benzene rings is 2. The van der Waals surface area contributed by atoms with Crippen LogP contribution in [-0.2, 0) is 16.2 Å². The molecule has 0 aromatic heterocycles. The number of amides is 1. The number of rotatable bonds is 6. The van der Waals surface area contributed by atoms with E-state index in [2.05, 4.69) is 5.32 Å². The average Bonchev–Trinajstić information content (AvgIpc) is 2.62. The molecule has 0 saturated heterocycles. The molecule has 0 aliphatic heterocycles. The maximum absolute atomic E-state index is 12.6. The third kappa shape index (κ3) is 4.84. The van der Waals surface area contributed by atoms with Crippen molar-refractivity contribution in [3.05, 3.63) is 58.6 Å². The maximum atomic E-state index is 12.6. The zero-order valence-corrected chi connectivity index (χ0v) is 16.6. The largest absolute Gasteiger partial charge is 0.416 e. The first kappa shape index (κ1) is 22.2. The Kier molecular flexibility index (Phi) is 6.74. The van der Waals surface area contributed by atoms with Crippen LogP contribution in [0.25, 0.3) is 0 Å². The normalized spacial score (nSPS) is 12.2.